The molecule has 0 bridgehead atoms. The van der Waals surface area contributed by atoms with Crippen molar-refractivity contribution in [3.63, 3.8) is 0 Å². The van der Waals surface area contributed by atoms with Crippen LogP contribution < -0.4 is 5.32 Å². The lowest BCUT2D eigenvalue weighted by Gasteiger charge is -2.20. The van der Waals surface area contributed by atoms with Crippen LogP contribution in [0.3, 0.4) is 0 Å². The highest BCUT2D eigenvalue weighted by Crippen LogP contribution is 2.25. The van der Waals surface area contributed by atoms with Crippen molar-refractivity contribution in [2.75, 3.05) is 5.32 Å². The highest BCUT2D eigenvalue weighted by molar-refractivity contribution is 5.60. The van der Waals surface area contributed by atoms with Gasteiger partial charge in [-0.3, -0.25) is 0 Å². The first-order valence-electron chi connectivity index (χ1n) is 9.13. The first-order chi connectivity index (χ1) is 13.3. The number of fused-ring (bicyclic) bond motifs is 1. The molecule has 0 aliphatic heterocycles. The van der Waals surface area contributed by atoms with Crippen molar-refractivity contribution >= 4 is 11.6 Å². The molecule has 1 aromatic carbocycles. The largest absolute Gasteiger partial charge is 0.458 e. The summed E-state index contributed by atoms with van der Waals surface area (Å²) in [6.07, 6.45) is 2.09. The van der Waals surface area contributed by atoms with E-state index in [0.717, 1.165) is 11.3 Å². The zero-order valence-corrected chi connectivity index (χ0v) is 16.3. The average Bonchev–Trinajstić information content (AvgIpc) is 3.22. The monoisotopic (exact) mass is 379 g/mol. The summed E-state index contributed by atoms with van der Waals surface area (Å²) in [6, 6.07) is 10.5. The second-order valence-corrected chi connectivity index (χ2v) is 7.83. The molecule has 144 valence electrons. The van der Waals surface area contributed by atoms with E-state index in [1.807, 2.05) is 45.9 Å². The van der Waals surface area contributed by atoms with Gasteiger partial charge in [0.1, 0.15) is 11.6 Å². The van der Waals surface area contributed by atoms with Gasteiger partial charge in [0.25, 0.3) is 0 Å². The van der Waals surface area contributed by atoms with E-state index >= 15 is 0 Å². The average molecular weight is 379 g/mol. The van der Waals surface area contributed by atoms with Gasteiger partial charge in [0.05, 0.1) is 6.20 Å². The topological polar surface area (TPSA) is 68.2 Å². The third-order valence-corrected chi connectivity index (χ3v) is 4.23. The van der Waals surface area contributed by atoms with E-state index in [-0.39, 0.29) is 11.4 Å². The molecule has 1 N–H and O–H groups in total. The van der Waals surface area contributed by atoms with Crippen molar-refractivity contribution in [3.8, 4) is 11.6 Å². The minimum atomic E-state index is -0.245. The summed E-state index contributed by atoms with van der Waals surface area (Å²) >= 11 is 0. The fourth-order valence-electron chi connectivity index (χ4n) is 3.00. The van der Waals surface area contributed by atoms with Gasteiger partial charge in [0.2, 0.25) is 11.8 Å². The van der Waals surface area contributed by atoms with Crippen molar-refractivity contribution in [2.45, 2.75) is 39.7 Å². The number of hydrogen-bond acceptors (Lipinski definition) is 5. The van der Waals surface area contributed by atoms with Crippen LogP contribution >= 0.6 is 0 Å². The Kier molecular flexibility index (Phi) is 4.37. The zero-order valence-electron chi connectivity index (χ0n) is 16.3. The summed E-state index contributed by atoms with van der Waals surface area (Å²) < 4.78 is 21.6. The van der Waals surface area contributed by atoms with Crippen LogP contribution in [-0.4, -0.2) is 25.1 Å². The van der Waals surface area contributed by atoms with Crippen LogP contribution in [-0.2, 0) is 6.42 Å². The fourth-order valence-corrected chi connectivity index (χ4v) is 3.00. The standard InChI is InChI=1S/C21H22FN5O/c1-13-9-10-17(28-13)19-25-20(26-21(2,3)4)24-18-15(12-23-27(18)19)11-14-7-5-6-8-16(14)22/h5-10,12H,11H2,1-4H3,(H,24,26). The molecular weight excluding hydrogens is 357 g/mol. The molecule has 0 atom stereocenters. The molecule has 0 saturated carbocycles. The van der Waals surface area contributed by atoms with E-state index in [4.69, 9.17) is 4.42 Å². The molecule has 0 fully saturated rings. The summed E-state index contributed by atoms with van der Waals surface area (Å²) in [5, 5.41) is 7.75. The highest BCUT2D eigenvalue weighted by atomic mass is 19.1. The summed E-state index contributed by atoms with van der Waals surface area (Å²) in [4.78, 5) is 9.27. The number of aromatic nitrogens is 4. The Morgan fingerprint density at radius 1 is 1.07 bits per heavy atom. The number of nitrogens with one attached hydrogen (secondary N) is 1. The number of benzene rings is 1. The number of aryl methyl sites for hydroxylation is 1. The summed E-state index contributed by atoms with van der Waals surface area (Å²) in [6.45, 7) is 7.98. The van der Waals surface area contributed by atoms with Crippen LogP contribution in [0.5, 0.6) is 0 Å². The van der Waals surface area contributed by atoms with Gasteiger partial charge in [-0.1, -0.05) is 18.2 Å². The molecule has 3 heterocycles. The third kappa shape index (κ3) is 3.60. The SMILES string of the molecule is Cc1ccc(-c2nc(NC(C)(C)C)nc3c(Cc4ccccc4F)cnn23)o1. The second-order valence-electron chi connectivity index (χ2n) is 7.83. The van der Waals surface area contributed by atoms with Crippen LogP contribution in [0.25, 0.3) is 17.2 Å². The molecule has 4 aromatic rings. The van der Waals surface area contributed by atoms with Crippen molar-refractivity contribution in [2.24, 2.45) is 0 Å². The van der Waals surface area contributed by atoms with Crippen molar-refractivity contribution in [1.29, 1.82) is 0 Å². The van der Waals surface area contributed by atoms with Gasteiger partial charge in [-0.25, -0.2) is 4.39 Å². The Balaban J connectivity index is 1.86. The minimum absolute atomic E-state index is 0.222. The molecule has 0 aliphatic carbocycles. The van der Waals surface area contributed by atoms with Gasteiger partial charge < -0.3 is 9.73 Å². The van der Waals surface area contributed by atoms with E-state index in [1.165, 1.54) is 6.07 Å². The second kappa shape index (κ2) is 6.74. The molecule has 6 nitrogen and oxygen atoms in total. The van der Waals surface area contributed by atoms with Gasteiger partial charge in [-0.2, -0.15) is 19.6 Å². The molecule has 4 rings (SSSR count). The van der Waals surface area contributed by atoms with E-state index < -0.39 is 0 Å². The number of nitrogens with zero attached hydrogens (tertiary/aromatic N) is 4. The van der Waals surface area contributed by atoms with Crippen molar-refractivity contribution in [1.82, 2.24) is 19.6 Å². The van der Waals surface area contributed by atoms with E-state index in [2.05, 4.69) is 20.4 Å². The molecule has 0 unspecified atom stereocenters. The molecule has 0 saturated heterocycles. The number of furan rings is 1. The molecule has 28 heavy (non-hydrogen) atoms. The first-order valence-corrected chi connectivity index (χ1v) is 9.13. The van der Waals surface area contributed by atoms with Crippen molar-refractivity contribution < 1.29 is 8.81 Å². The number of halogens is 1. The number of rotatable bonds is 4. The maximum absolute atomic E-state index is 14.1. The summed E-state index contributed by atoms with van der Waals surface area (Å²) in [5.41, 5.74) is 1.81. The Bertz CT molecular complexity index is 1140. The van der Waals surface area contributed by atoms with Gasteiger partial charge in [0, 0.05) is 17.5 Å². The van der Waals surface area contributed by atoms with Crippen molar-refractivity contribution in [3.05, 3.63) is 65.3 Å². The first kappa shape index (κ1) is 18.2. The fraction of sp³-hybridized carbons (Fsp3) is 0.286. The van der Waals surface area contributed by atoms with Gasteiger partial charge in [-0.05, 0) is 51.5 Å². The quantitative estimate of drug-likeness (QED) is 0.560. The Labute approximate surface area is 162 Å². The molecule has 0 spiro atoms. The minimum Gasteiger partial charge on any atom is -0.458 e. The maximum atomic E-state index is 14.1. The maximum Gasteiger partial charge on any atom is 0.227 e. The molecule has 7 heteroatoms. The van der Waals surface area contributed by atoms with Crippen LogP contribution in [0.2, 0.25) is 0 Å². The highest BCUT2D eigenvalue weighted by Gasteiger charge is 2.20. The number of hydrogen-bond donors (Lipinski definition) is 1. The normalized spacial score (nSPS) is 11.9. The predicted molar refractivity (Wildman–Crippen MR) is 106 cm³/mol. The lowest BCUT2D eigenvalue weighted by molar-refractivity contribution is 0.540. The van der Waals surface area contributed by atoms with E-state index in [9.17, 15) is 4.39 Å². The van der Waals surface area contributed by atoms with Crippen LogP contribution in [0.4, 0.5) is 10.3 Å². The predicted octanol–water partition coefficient (Wildman–Crippen LogP) is 4.63. The smallest absolute Gasteiger partial charge is 0.227 e. The third-order valence-electron chi connectivity index (χ3n) is 4.23. The lowest BCUT2D eigenvalue weighted by Crippen LogP contribution is -2.27. The van der Waals surface area contributed by atoms with Crippen LogP contribution in [0.1, 0.15) is 37.7 Å². The van der Waals surface area contributed by atoms with Crippen LogP contribution in [0, 0.1) is 12.7 Å². The lowest BCUT2D eigenvalue weighted by atomic mass is 10.1. The van der Waals surface area contributed by atoms with Gasteiger partial charge in [0.15, 0.2) is 11.4 Å². The summed E-state index contributed by atoms with van der Waals surface area (Å²) in [5.74, 6) is 2.16. The molecule has 0 radical (unpaired) electrons. The Hall–Kier alpha value is -3.22. The van der Waals surface area contributed by atoms with E-state index in [1.54, 1.807) is 22.8 Å². The Morgan fingerprint density at radius 2 is 1.86 bits per heavy atom. The zero-order chi connectivity index (χ0) is 19.9. The molecular formula is C21H22FN5O. The van der Waals surface area contributed by atoms with Crippen LogP contribution in [0.15, 0.2) is 47.0 Å². The number of anilines is 1. The summed E-state index contributed by atoms with van der Waals surface area (Å²) in [7, 11) is 0. The molecule has 0 amide bonds. The Morgan fingerprint density at radius 3 is 2.54 bits per heavy atom. The molecule has 0 aliphatic rings. The molecule has 3 aromatic heterocycles. The van der Waals surface area contributed by atoms with Gasteiger partial charge >= 0.3 is 0 Å². The van der Waals surface area contributed by atoms with Gasteiger partial charge in [-0.15, -0.1) is 0 Å². The van der Waals surface area contributed by atoms with E-state index in [0.29, 0.717) is 35.2 Å².